The van der Waals surface area contributed by atoms with Gasteiger partial charge in [-0.1, -0.05) is 10.2 Å². The lowest BCUT2D eigenvalue weighted by Gasteiger charge is -1.19. The van der Waals surface area contributed by atoms with Gasteiger partial charge in [-0.2, -0.15) is 0 Å². The highest BCUT2D eigenvalue weighted by Crippen LogP contribution is 1.00. The lowest BCUT2D eigenvalue weighted by molar-refractivity contribution is -0.284. The minimum atomic E-state index is 0. The van der Waals surface area contributed by atoms with Gasteiger partial charge in [0.25, 0.3) is 0 Å². The highest BCUT2D eigenvalue weighted by Gasteiger charge is 1.27. The topological polar surface area (TPSA) is 82.9 Å². The Labute approximate surface area is 21.8 Å². The second-order valence-electron chi connectivity index (χ2n) is 0.0680. The third kappa shape index (κ3) is 0.430. The van der Waals surface area contributed by atoms with E-state index in [4.69, 9.17) is 10.2 Å². The molecule has 0 aromatic heterocycles. The van der Waals surface area contributed by atoms with Crippen molar-refractivity contribution in [3.05, 3.63) is 9.71 Å². The third-order valence-electron chi connectivity index (χ3n) is 0. The zero-order chi connectivity index (χ0) is 2.71. The van der Waals surface area contributed by atoms with Crippen molar-refractivity contribution < 1.29 is 10.7 Å². The molecule has 2 N–H and O–H groups in total. The molecule has 26 valence electrons. The smallest absolute Gasteiger partial charge is 0.154 e. The summed E-state index contributed by atoms with van der Waals surface area (Å²) in [4.78, 5) is 7.88. The van der Waals surface area contributed by atoms with Crippen LogP contribution in [0, 0.1) is 9.71 Å². The van der Waals surface area contributed by atoms with Crippen molar-refractivity contribution in [1.82, 2.24) is 0 Å². The van der Waals surface area contributed by atoms with E-state index in [1.807, 2.05) is 0 Å². The summed E-state index contributed by atoms with van der Waals surface area (Å²) in [5.74, 6) is 0. The van der Waals surface area contributed by atoms with Crippen LogP contribution in [-0.2, 0) is 0 Å². The maximum Gasteiger partial charge on any atom is 0.154 e. The molecule has 0 radical (unpaired) electrons. The van der Waals surface area contributed by atoms with Crippen molar-refractivity contribution in [3.8, 4) is 0 Å². The van der Waals surface area contributed by atoms with E-state index in [0.717, 1.165) is 0 Å². The Morgan fingerprint density at radius 1 is 1.75 bits per heavy atom. The Balaban J connectivity index is 0. The van der Waals surface area contributed by atoms with Crippen LogP contribution in [0.15, 0.2) is 0 Å². The van der Waals surface area contributed by atoms with Crippen molar-refractivity contribution in [1.29, 1.82) is 0 Å². The predicted molar refractivity (Wildman–Crippen MR) is 10.3 cm³/mol. The Hall–Kier alpha value is -0.640. The highest BCUT2D eigenvalue weighted by atomic mass is 17.2. The van der Waals surface area contributed by atoms with Gasteiger partial charge in [-0.25, -0.2) is 0 Å². The van der Waals surface area contributed by atoms with Crippen LogP contribution in [0.5, 0.6) is 0 Å². The monoisotopic (exact) mass is 66.0 g/mol. The summed E-state index contributed by atoms with van der Waals surface area (Å²) in [6.45, 7) is 0. The van der Waals surface area contributed by atoms with E-state index in [0.29, 0.717) is 0 Å². The molecule has 0 heterocycles. The standard InChI is InChI=1S/O3.H2O/c1-3-2;/h;1H2. The number of hydrogen-bond donors (Lipinski definition) is 0. The minimum absolute atomic E-state index is 0. The van der Waals surface area contributed by atoms with E-state index in [2.05, 4.69) is 0 Å². The largest absolute Gasteiger partial charge is 0.412 e. The minimum Gasteiger partial charge on any atom is -0.412 e. The lowest BCUT2D eigenvalue weighted by atomic mass is 14.8. The molecule has 0 amide bonds. The molecule has 0 unspecified atom stereocenters. The van der Waals surface area contributed by atoms with Crippen LogP contribution in [-0.4, -0.2) is 5.48 Å². The first kappa shape index (κ1) is 10.1. The average molecular weight is 66.0 g/mol. The van der Waals surface area contributed by atoms with Crippen LogP contribution in [0.4, 0.5) is 0 Å². The fourth-order valence-electron chi connectivity index (χ4n) is 0. The first-order valence-corrected chi connectivity index (χ1v) is 0.333. The van der Waals surface area contributed by atoms with Crippen LogP contribution in [0.1, 0.15) is 0 Å². The van der Waals surface area contributed by atoms with Crippen LogP contribution < -0.4 is 5.26 Å². The summed E-state index contributed by atoms with van der Waals surface area (Å²) in [6.07, 6.45) is 0. The summed E-state index contributed by atoms with van der Waals surface area (Å²) in [5, 5.41) is 7.88. The molecular formula is H2O4. The SMILES string of the molecule is O.O=[O+][O-]. The number of hydrogen-bond acceptors (Lipinski definition) is 2. The molecule has 4 heavy (non-hydrogen) atoms. The van der Waals surface area contributed by atoms with Gasteiger partial charge in [0, 0.05) is 0 Å². The van der Waals surface area contributed by atoms with Gasteiger partial charge in [0.05, 0.1) is 0 Å². The molecule has 0 aliphatic carbocycles. The lowest BCUT2D eigenvalue weighted by Crippen LogP contribution is -1.82. The predicted octanol–water partition coefficient (Wildman–Crippen LogP) is -1.95. The van der Waals surface area contributed by atoms with E-state index in [1.54, 1.807) is 4.75 Å². The summed E-state index contributed by atoms with van der Waals surface area (Å²) >= 11 is 0. The molecule has 0 saturated heterocycles. The van der Waals surface area contributed by atoms with E-state index >= 15 is 0 Å². The molecule has 4 nitrogen and oxygen atoms in total. The molecule has 0 rings (SSSR count). The Bertz CT molecular complexity index is 7.51. The van der Waals surface area contributed by atoms with Crippen molar-refractivity contribution >= 4 is 0 Å². The maximum absolute atomic E-state index is 7.88. The van der Waals surface area contributed by atoms with E-state index < -0.39 is 0 Å². The average Bonchev–Trinajstić information content (AvgIpc) is 0.918. The van der Waals surface area contributed by atoms with Gasteiger partial charge in [-0.15, -0.1) is 0 Å². The summed E-state index contributed by atoms with van der Waals surface area (Å²) in [6, 6.07) is 0. The quantitative estimate of drug-likeness (QED) is 0.187. The van der Waals surface area contributed by atoms with Crippen LogP contribution >= 0.6 is 0 Å². The summed E-state index contributed by atoms with van der Waals surface area (Å²) in [5.41, 5.74) is 0. The fourth-order valence-corrected chi connectivity index (χ4v) is 0. The van der Waals surface area contributed by atoms with Gasteiger partial charge in [-0.3, -0.25) is 0 Å². The molecule has 0 atom stereocenters. The number of rotatable bonds is 0. The van der Waals surface area contributed by atoms with Crippen molar-refractivity contribution in [2.45, 2.75) is 0 Å². The molecule has 0 aromatic rings. The van der Waals surface area contributed by atoms with Gasteiger partial charge in [-0.05, 0) is 0 Å². The molecule has 0 aromatic carbocycles. The normalized spacial score (nSPS) is 3.00. The molecule has 0 spiro atoms. The van der Waals surface area contributed by atoms with E-state index in [9.17, 15) is 0 Å². The van der Waals surface area contributed by atoms with Gasteiger partial charge < -0.3 is 5.48 Å². The van der Waals surface area contributed by atoms with Crippen molar-refractivity contribution in [2.24, 2.45) is 0 Å². The van der Waals surface area contributed by atoms with Crippen LogP contribution in [0.3, 0.4) is 0 Å². The Kier molecular flexibility index (Phi) is 85.2. The first-order chi connectivity index (χ1) is 1.41. The van der Waals surface area contributed by atoms with Gasteiger partial charge in [0.15, 0.2) is 4.75 Å². The van der Waals surface area contributed by atoms with Crippen molar-refractivity contribution in [2.75, 3.05) is 0 Å². The van der Waals surface area contributed by atoms with Gasteiger partial charge in [0.1, 0.15) is 0 Å². The van der Waals surface area contributed by atoms with Gasteiger partial charge >= 0.3 is 0 Å². The molecule has 0 fully saturated rings. The molecular weight excluding hydrogens is 64.0 g/mol. The van der Waals surface area contributed by atoms with Crippen LogP contribution in [0.25, 0.3) is 0 Å². The highest BCUT2D eigenvalue weighted by molar-refractivity contribution is 4.20. The molecule has 0 bridgehead atoms. The Morgan fingerprint density at radius 3 is 1.75 bits per heavy atom. The first-order valence-electron chi connectivity index (χ1n) is 0.333. The third-order valence-corrected chi connectivity index (χ3v) is 0. The zero-order valence-corrected chi connectivity index (χ0v) is 1.72. The second-order valence-corrected chi connectivity index (χ2v) is 0.0680. The van der Waals surface area contributed by atoms with E-state index in [-0.39, 0.29) is 5.48 Å². The van der Waals surface area contributed by atoms with Crippen molar-refractivity contribution in [3.63, 3.8) is 0 Å². The second kappa shape index (κ2) is 33.7. The molecule has 0 aliphatic heterocycles. The maximum atomic E-state index is 7.88. The zero-order valence-electron chi connectivity index (χ0n) is 1.72. The summed E-state index contributed by atoms with van der Waals surface area (Å²) in [7, 11) is 0. The molecule has 4 heteroatoms. The molecule has 0 saturated carbocycles. The van der Waals surface area contributed by atoms with Crippen LogP contribution in [0.2, 0.25) is 0 Å². The summed E-state index contributed by atoms with van der Waals surface area (Å²) < 4.78 is 1.75. The molecule has 0 aliphatic rings. The Morgan fingerprint density at radius 2 is 1.75 bits per heavy atom. The van der Waals surface area contributed by atoms with Gasteiger partial charge in [0.2, 0.25) is 0 Å². The fraction of sp³-hybridized carbons (Fsp3) is 0. The van der Waals surface area contributed by atoms with E-state index in [1.165, 1.54) is 0 Å².